The molecule has 2 aliphatic rings. The number of ether oxygens (including phenoxy) is 2. The Morgan fingerprint density at radius 3 is 2.65 bits per heavy atom. The molecule has 3 atom stereocenters. The monoisotopic (exact) mass is 321 g/mol. The molecule has 1 aromatic carbocycles. The highest BCUT2D eigenvalue weighted by Crippen LogP contribution is 2.42. The van der Waals surface area contributed by atoms with Gasteiger partial charge >= 0.3 is 0 Å². The van der Waals surface area contributed by atoms with Crippen LogP contribution < -0.4 is 4.74 Å². The molecular formula is C18H27NO4. The number of benzene rings is 1. The van der Waals surface area contributed by atoms with Crippen LogP contribution in [0.5, 0.6) is 11.5 Å². The Labute approximate surface area is 137 Å². The van der Waals surface area contributed by atoms with E-state index in [1.807, 2.05) is 26.8 Å². The molecule has 0 unspecified atom stereocenters. The van der Waals surface area contributed by atoms with Crippen LogP contribution in [0.3, 0.4) is 0 Å². The zero-order valence-corrected chi connectivity index (χ0v) is 14.4. The maximum Gasteiger partial charge on any atom is 0.160 e. The number of fused-ring (bicyclic) bond motifs is 3. The van der Waals surface area contributed by atoms with E-state index in [4.69, 9.17) is 9.47 Å². The predicted molar refractivity (Wildman–Crippen MR) is 87.9 cm³/mol. The van der Waals surface area contributed by atoms with E-state index in [9.17, 15) is 10.2 Å². The average molecular weight is 321 g/mol. The molecule has 5 nitrogen and oxygen atoms in total. The number of hydrogen-bond acceptors (Lipinski definition) is 5. The lowest BCUT2D eigenvalue weighted by Crippen LogP contribution is -2.53. The van der Waals surface area contributed by atoms with Crippen molar-refractivity contribution in [1.82, 2.24) is 4.90 Å². The van der Waals surface area contributed by atoms with Crippen molar-refractivity contribution in [1.29, 1.82) is 0 Å². The second-order valence-electron chi connectivity index (χ2n) is 7.56. The molecule has 1 saturated heterocycles. The van der Waals surface area contributed by atoms with Gasteiger partial charge in [-0.2, -0.15) is 0 Å². The number of rotatable bonds is 2. The van der Waals surface area contributed by atoms with Crippen LogP contribution in [0.25, 0.3) is 0 Å². The van der Waals surface area contributed by atoms with Gasteiger partial charge in [-0.25, -0.2) is 0 Å². The van der Waals surface area contributed by atoms with Crippen molar-refractivity contribution in [3.63, 3.8) is 0 Å². The molecule has 0 aliphatic carbocycles. The topological polar surface area (TPSA) is 62.2 Å². The quantitative estimate of drug-likeness (QED) is 0.875. The summed E-state index contributed by atoms with van der Waals surface area (Å²) < 4.78 is 11.3. The van der Waals surface area contributed by atoms with Gasteiger partial charge in [-0.15, -0.1) is 0 Å². The zero-order valence-electron chi connectivity index (χ0n) is 14.4. The normalized spacial score (nSPS) is 28.1. The molecular weight excluding hydrogens is 294 g/mol. The number of phenols is 1. The SMILES string of the molecule is COc1cc2c(cc1O)CCN1C[C@@H](OC(C)(C)C)[C@@H](O)C[C@H]21. The Hall–Kier alpha value is -1.30. The van der Waals surface area contributed by atoms with Gasteiger partial charge in [0.05, 0.1) is 24.9 Å². The van der Waals surface area contributed by atoms with Crippen molar-refractivity contribution in [2.75, 3.05) is 20.2 Å². The van der Waals surface area contributed by atoms with Gasteiger partial charge in [-0.05, 0) is 56.9 Å². The first kappa shape index (κ1) is 16.6. The van der Waals surface area contributed by atoms with Crippen LogP contribution in [0.1, 0.15) is 44.4 Å². The molecule has 1 aromatic rings. The van der Waals surface area contributed by atoms with Crippen molar-refractivity contribution in [2.24, 2.45) is 0 Å². The van der Waals surface area contributed by atoms with Gasteiger partial charge in [0.15, 0.2) is 11.5 Å². The van der Waals surface area contributed by atoms with Gasteiger partial charge in [-0.3, -0.25) is 4.90 Å². The summed E-state index contributed by atoms with van der Waals surface area (Å²) in [4.78, 5) is 2.38. The standard InChI is InChI=1S/C18H27NO4/c1-18(2,3)23-17-10-19-6-5-11-7-14(20)16(22-4)8-12(11)13(19)9-15(17)21/h7-8,13,15,17,20-21H,5-6,9-10H2,1-4H3/t13-,15+,17-/m1/s1. The number of aromatic hydroxyl groups is 1. The largest absolute Gasteiger partial charge is 0.504 e. The van der Waals surface area contributed by atoms with Crippen molar-refractivity contribution < 1.29 is 19.7 Å². The average Bonchev–Trinajstić information content (AvgIpc) is 2.46. The lowest BCUT2D eigenvalue weighted by Gasteiger charge is -2.46. The molecule has 0 bridgehead atoms. The van der Waals surface area contributed by atoms with Crippen molar-refractivity contribution in [2.45, 2.75) is 57.5 Å². The smallest absolute Gasteiger partial charge is 0.160 e. The molecule has 2 aliphatic heterocycles. The number of aliphatic hydroxyl groups excluding tert-OH is 1. The fourth-order valence-electron chi connectivity index (χ4n) is 3.73. The summed E-state index contributed by atoms with van der Waals surface area (Å²) in [6.07, 6.45) is 0.886. The van der Waals surface area contributed by atoms with Crippen LogP contribution in [0.15, 0.2) is 12.1 Å². The lowest BCUT2D eigenvalue weighted by atomic mass is 9.84. The van der Waals surface area contributed by atoms with Crippen LogP contribution in [-0.4, -0.2) is 53.1 Å². The lowest BCUT2D eigenvalue weighted by molar-refractivity contribution is -0.149. The predicted octanol–water partition coefficient (Wildman–Crippen LogP) is 2.25. The number of hydrogen-bond donors (Lipinski definition) is 2. The first-order valence-electron chi connectivity index (χ1n) is 8.28. The molecule has 0 spiro atoms. The summed E-state index contributed by atoms with van der Waals surface area (Å²) in [6, 6.07) is 3.87. The minimum atomic E-state index is -0.485. The molecule has 3 rings (SSSR count). The summed E-state index contributed by atoms with van der Waals surface area (Å²) in [5, 5.41) is 20.5. The van der Waals surface area contributed by atoms with Crippen LogP contribution >= 0.6 is 0 Å². The van der Waals surface area contributed by atoms with E-state index in [2.05, 4.69) is 4.90 Å². The zero-order chi connectivity index (χ0) is 16.8. The highest BCUT2D eigenvalue weighted by Gasteiger charge is 2.40. The van der Waals surface area contributed by atoms with E-state index in [0.717, 1.165) is 30.6 Å². The molecule has 23 heavy (non-hydrogen) atoms. The van der Waals surface area contributed by atoms with Gasteiger partial charge < -0.3 is 19.7 Å². The second-order valence-corrected chi connectivity index (χ2v) is 7.56. The summed E-state index contributed by atoms with van der Waals surface area (Å²) >= 11 is 0. The minimum Gasteiger partial charge on any atom is -0.504 e. The summed E-state index contributed by atoms with van der Waals surface area (Å²) in [5.74, 6) is 0.679. The van der Waals surface area contributed by atoms with Crippen LogP contribution in [0.2, 0.25) is 0 Å². The third kappa shape index (κ3) is 3.32. The second kappa shape index (κ2) is 5.96. The molecule has 5 heteroatoms. The van der Waals surface area contributed by atoms with E-state index in [-0.39, 0.29) is 23.5 Å². The fourth-order valence-corrected chi connectivity index (χ4v) is 3.73. The van der Waals surface area contributed by atoms with E-state index < -0.39 is 6.10 Å². The Morgan fingerprint density at radius 2 is 2.00 bits per heavy atom. The fraction of sp³-hybridized carbons (Fsp3) is 0.667. The Bertz CT molecular complexity index is 581. The third-order valence-electron chi connectivity index (χ3n) is 4.72. The third-order valence-corrected chi connectivity index (χ3v) is 4.72. The number of nitrogens with zero attached hydrogens (tertiary/aromatic N) is 1. The molecule has 0 radical (unpaired) electrons. The Kier molecular flexibility index (Phi) is 4.29. The summed E-state index contributed by atoms with van der Waals surface area (Å²) in [5.41, 5.74) is 2.03. The van der Waals surface area contributed by atoms with Gasteiger partial charge in [0.25, 0.3) is 0 Å². The molecule has 2 N–H and O–H groups in total. The molecule has 0 saturated carbocycles. The molecule has 128 valence electrons. The number of aliphatic hydroxyl groups is 1. The van der Waals surface area contributed by atoms with E-state index in [1.54, 1.807) is 13.2 Å². The number of methoxy groups -OCH3 is 1. The van der Waals surface area contributed by atoms with Crippen molar-refractivity contribution in [3.05, 3.63) is 23.3 Å². The molecule has 0 aromatic heterocycles. The summed E-state index contributed by atoms with van der Waals surface area (Å²) in [7, 11) is 1.56. The van der Waals surface area contributed by atoms with Crippen molar-refractivity contribution in [3.8, 4) is 11.5 Å². The van der Waals surface area contributed by atoms with Crippen molar-refractivity contribution >= 4 is 0 Å². The maximum absolute atomic E-state index is 10.5. The van der Waals surface area contributed by atoms with Gasteiger partial charge in [0.1, 0.15) is 0 Å². The molecule has 2 heterocycles. The van der Waals surface area contributed by atoms with E-state index >= 15 is 0 Å². The molecule has 0 amide bonds. The highest BCUT2D eigenvalue weighted by molar-refractivity contribution is 5.48. The number of piperidine rings is 1. The highest BCUT2D eigenvalue weighted by atomic mass is 16.5. The van der Waals surface area contributed by atoms with Gasteiger partial charge in [-0.1, -0.05) is 0 Å². The van der Waals surface area contributed by atoms with Crippen LogP contribution in [0, 0.1) is 0 Å². The van der Waals surface area contributed by atoms with Gasteiger partial charge in [0.2, 0.25) is 0 Å². The Morgan fingerprint density at radius 1 is 1.26 bits per heavy atom. The minimum absolute atomic E-state index is 0.156. The first-order valence-corrected chi connectivity index (χ1v) is 8.28. The Balaban J connectivity index is 1.85. The van der Waals surface area contributed by atoms with E-state index in [0.29, 0.717) is 12.2 Å². The molecule has 1 fully saturated rings. The number of phenolic OH excluding ortho intramolecular Hbond substituents is 1. The first-order chi connectivity index (χ1) is 10.8. The van der Waals surface area contributed by atoms with Crippen LogP contribution in [0.4, 0.5) is 0 Å². The van der Waals surface area contributed by atoms with E-state index in [1.165, 1.54) is 0 Å². The maximum atomic E-state index is 10.5. The van der Waals surface area contributed by atoms with Gasteiger partial charge in [0, 0.05) is 19.1 Å². The van der Waals surface area contributed by atoms with Crippen LogP contribution in [-0.2, 0) is 11.2 Å². The summed E-state index contributed by atoms with van der Waals surface area (Å²) in [6.45, 7) is 7.70.